The Hall–Kier alpha value is -1.65. The summed E-state index contributed by atoms with van der Waals surface area (Å²) < 4.78 is 0. The molecule has 2 rings (SSSR count). The van der Waals surface area contributed by atoms with Gasteiger partial charge in [-0.05, 0) is 31.9 Å². The zero-order chi connectivity index (χ0) is 13.5. The number of carbonyl (C=O) groups excluding carboxylic acids is 1. The number of nitrogens with zero attached hydrogens (tertiary/aromatic N) is 2. The third-order valence-electron chi connectivity index (χ3n) is 3.44. The third-order valence-corrected chi connectivity index (χ3v) is 3.44. The minimum atomic E-state index is -0.170. The summed E-state index contributed by atoms with van der Waals surface area (Å²) in [4.78, 5) is 11.6. The number of hydrogen-bond acceptors (Lipinski definition) is 4. The Morgan fingerprint density at radius 3 is 2.53 bits per heavy atom. The van der Waals surface area contributed by atoms with Gasteiger partial charge in [-0.1, -0.05) is 25.7 Å². The molecular formula is C14H22N4O. The van der Waals surface area contributed by atoms with Gasteiger partial charge >= 0.3 is 0 Å². The summed E-state index contributed by atoms with van der Waals surface area (Å²) in [6.07, 6.45) is 7.61. The highest BCUT2D eigenvalue weighted by molar-refractivity contribution is 5.92. The average Bonchev–Trinajstić information content (AvgIpc) is 2.68. The predicted octanol–water partition coefficient (Wildman–Crippen LogP) is 2.36. The zero-order valence-electron chi connectivity index (χ0n) is 11.5. The number of carbonyl (C=O) groups is 1. The Bertz CT molecular complexity index is 396. The minimum absolute atomic E-state index is 0.170. The fourth-order valence-electron chi connectivity index (χ4n) is 2.41. The van der Waals surface area contributed by atoms with E-state index in [4.69, 9.17) is 0 Å². The molecule has 1 saturated carbocycles. The second-order valence-electron chi connectivity index (χ2n) is 5.00. The van der Waals surface area contributed by atoms with Crippen molar-refractivity contribution in [2.45, 2.75) is 51.5 Å². The van der Waals surface area contributed by atoms with Gasteiger partial charge in [0, 0.05) is 12.6 Å². The van der Waals surface area contributed by atoms with Gasteiger partial charge in [0.15, 0.2) is 5.69 Å². The van der Waals surface area contributed by atoms with Crippen molar-refractivity contribution in [3.63, 3.8) is 0 Å². The number of rotatable bonds is 4. The van der Waals surface area contributed by atoms with Crippen LogP contribution >= 0.6 is 0 Å². The van der Waals surface area contributed by atoms with E-state index < -0.39 is 0 Å². The molecule has 5 nitrogen and oxygen atoms in total. The maximum Gasteiger partial charge on any atom is 0.271 e. The normalized spacial score (nSPS) is 16.7. The van der Waals surface area contributed by atoms with E-state index in [2.05, 4.69) is 20.8 Å². The van der Waals surface area contributed by atoms with Gasteiger partial charge in [0.2, 0.25) is 0 Å². The highest BCUT2D eigenvalue weighted by Gasteiger charge is 2.13. The molecule has 0 atom stereocenters. The topological polar surface area (TPSA) is 66.9 Å². The molecule has 0 unspecified atom stereocenters. The Balaban J connectivity index is 1.92. The van der Waals surface area contributed by atoms with Gasteiger partial charge in [-0.25, -0.2) is 0 Å². The summed E-state index contributed by atoms with van der Waals surface area (Å²) in [7, 11) is 0. The number of amides is 1. The van der Waals surface area contributed by atoms with Crippen LogP contribution in [-0.4, -0.2) is 28.7 Å². The van der Waals surface area contributed by atoms with Gasteiger partial charge in [0.25, 0.3) is 5.91 Å². The van der Waals surface area contributed by atoms with E-state index >= 15 is 0 Å². The predicted molar refractivity (Wildman–Crippen MR) is 75.2 cm³/mol. The molecule has 1 aromatic heterocycles. The molecule has 1 aliphatic carbocycles. The number of aromatic nitrogens is 2. The Morgan fingerprint density at radius 2 is 1.95 bits per heavy atom. The van der Waals surface area contributed by atoms with Gasteiger partial charge < -0.3 is 10.6 Å². The fourth-order valence-corrected chi connectivity index (χ4v) is 2.41. The standard InChI is InChI=1S/C14H22N4O/c1-2-15-14(19)12-9-10-13(18-17-12)16-11-7-5-3-4-6-8-11/h9-11H,2-8H2,1H3,(H,15,19)(H,16,18). The van der Waals surface area contributed by atoms with Crippen LogP contribution in [0.3, 0.4) is 0 Å². The van der Waals surface area contributed by atoms with Crippen LogP contribution in [-0.2, 0) is 0 Å². The van der Waals surface area contributed by atoms with Crippen molar-refractivity contribution in [3.05, 3.63) is 17.8 Å². The van der Waals surface area contributed by atoms with Crippen LogP contribution in [0.15, 0.2) is 12.1 Å². The summed E-state index contributed by atoms with van der Waals surface area (Å²) in [6.45, 7) is 2.48. The van der Waals surface area contributed by atoms with E-state index in [0.29, 0.717) is 18.3 Å². The summed E-state index contributed by atoms with van der Waals surface area (Å²) in [6, 6.07) is 4.05. The average molecular weight is 262 g/mol. The van der Waals surface area contributed by atoms with E-state index in [1.807, 2.05) is 13.0 Å². The van der Waals surface area contributed by atoms with Gasteiger partial charge in [0.1, 0.15) is 5.82 Å². The number of hydrogen-bond donors (Lipinski definition) is 2. The first kappa shape index (κ1) is 13.8. The lowest BCUT2D eigenvalue weighted by molar-refractivity contribution is 0.0950. The zero-order valence-corrected chi connectivity index (χ0v) is 11.5. The van der Waals surface area contributed by atoms with Gasteiger partial charge in [0.05, 0.1) is 0 Å². The van der Waals surface area contributed by atoms with Crippen LogP contribution in [0, 0.1) is 0 Å². The largest absolute Gasteiger partial charge is 0.366 e. The number of nitrogens with one attached hydrogen (secondary N) is 2. The van der Waals surface area contributed by atoms with Gasteiger partial charge in [-0.15, -0.1) is 10.2 Å². The smallest absolute Gasteiger partial charge is 0.271 e. The molecule has 1 heterocycles. The SMILES string of the molecule is CCNC(=O)c1ccc(NC2CCCCCC2)nn1. The van der Waals surface area contributed by atoms with E-state index in [-0.39, 0.29) is 5.91 Å². The lowest BCUT2D eigenvalue weighted by Gasteiger charge is -2.16. The lowest BCUT2D eigenvalue weighted by atomic mass is 10.1. The molecule has 0 bridgehead atoms. The minimum Gasteiger partial charge on any atom is -0.366 e. The Morgan fingerprint density at radius 1 is 1.21 bits per heavy atom. The second-order valence-corrected chi connectivity index (χ2v) is 5.00. The molecule has 1 fully saturated rings. The third kappa shape index (κ3) is 4.19. The first-order chi connectivity index (χ1) is 9.29. The lowest BCUT2D eigenvalue weighted by Crippen LogP contribution is -2.24. The molecule has 2 N–H and O–H groups in total. The van der Waals surface area contributed by atoms with Crippen LogP contribution in [0.2, 0.25) is 0 Å². The maximum absolute atomic E-state index is 11.6. The molecule has 1 aromatic rings. The van der Waals surface area contributed by atoms with Crippen molar-refractivity contribution >= 4 is 11.7 Å². The Labute approximate surface area is 114 Å². The van der Waals surface area contributed by atoms with Crippen molar-refractivity contribution in [2.24, 2.45) is 0 Å². The first-order valence-corrected chi connectivity index (χ1v) is 7.18. The molecule has 0 radical (unpaired) electrons. The molecule has 0 spiro atoms. The molecule has 1 amide bonds. The highest BCUT2D eigenvalue weighted by atomic mass is 16.1. The monoisotopic (exact) mass is 262 g/mol. The van der Waals surface area contributed by atoms with Crippen molar-refractivity contribution in [3.8, 4) is 0 Å². The summed E-state index contributed by atoms with van der Waals surface area (Å²) in [5.74, 6) is 0.593. The van der Waals surface area contributed by atoms with E-state index in [9.17, 15) is 4.79 Å². The van der Waals surface area contributed by atoms with Crippen molar-refractivity contribution in [2.75, 3.05) is 11.9 Å². The van der Waals surface area contributed by atoms with E-state index in [1.54, 1.807) is 6.07 Å². The van der Waals surface area contributed by atoms with Crippen LogP contribution in [0.5, 0.6) is 0 Å². The quantitative estimate of drug-likeness (QED) is 0.817. The molecule has 0 aromatic carbocycles. The molecule has 0 aliphatic heterocycles. The molecule has 0 saturated heterocycles. The van der Waals surface area contributed by atoms with Crippen LogP contribution in [0.1, 0.15) is 55.9 Å². The van der Waals surface area contributed by atoms with Gasteiger partial charge in [-0.2, -0.15) is 0 Å². The molecule has 1 aliphatic rings. The van der Waals surface area contributed by atoms with Crippen LogP contribution < -0.4 is 10.6 Å². The molecule has 104 valence electrons. The molecule has 19 heavy (non-hydrogen) atoms. The summed E-state index contributed by atoms with van der Waals surface area (Å²) >= 11 is 0. The van der Waals surface area contributed by atoms with Gasteiger partial charge in [-0.3, -0.25) is 4.79 Å². The maximum atomic E-state index is 11.6. The van der Waals surface area contributed by atoms with Crippen molar-refractivity contribution < 1.29 is 4.79 Å². The number of anilines is 1. The summed E-state index contributed by atoms with van der Waals surface area (Å²) in [5.41, 5.74) is 0.369. The van der Waals surface area contributed by atoms with Crippen molar-refractivity contribution in [1.29, 1.82) is 0 Å². The van der Waals surface area contributed by atoms with E-state index in [0.717, 1.165) is 5.82 Å². The highest BCUT2D eigenvalue weighted by Crippen LogP contribution is 2.20. The van der Waals surface area contributed by atoms with E-state index in [1.165, 1.54) is 38.5 Å². The first-order valence-electron chi connectivity index (χ1n) is 7.18. The fraction of sp³-hybridized carbons (Fsp3) is 0.643. The molecule has 5 heteroatoms. The molecular weight excluding hydrogens is 240 g/mol. The van der Waals surface area contributed by atoms with Crippen LogP contribution in [0.4, 0.5) is 5.82 Å². The summed E-state index contributed by atoms with van der Waals surface area (Å²) in [5, 5.41) is 14.2. The van der Waals surface area contributed by atoms with Crippen LogP contribution in [0.25, 0.3) is 0 Å². The second kappa shape index (κ2) is 7.07. The Kier molecular flexibility index (Phi) is 5.12. The van der Waals surface area contributed by atoms with Crippen molar-refractivity contribution in [1.82, 2.24) is 15.5 Å².